The number of carbonyl (C=O) groups is 1. The maximum absolute atomic E-state index is 13.8. The number of hydrogen-bond acceptors (Lipinski definition) is 5. The maximum atomic E-state index is 13.8. The van der Waals surface area contributed by atoms with Crippen LogP contribution in [0.2, 0.25) is 0 Å². The molecule has 31 heavy (non-hydrogen) atoms. The fraction of sp³-hybridized carbons (Fsp3) is 0.350. The Morgan fingerprint density at radius 3 is 2.23 bits per heavy atom. The zero-order valence-electron chi connectivity index (χ0n) is 17.1. The molecule has 0 aliphatic heterocycles. The van der Waals surface area contributed by atoms with Gasteiger partial charge in [0.2, 0.25) is 11.5 Å². The number of ether oxygens (including phenoxy) is 1. The van der Waals surface area contributed by atoms with Crippen molar-refractivity contribution in [1.29, 1.82) is 0 Å². The van der Waals surface area contributed by atoms with Crippen LogP contribution in [0.15, 0.2) is 49.1 Å². The first-order chi connectivity index (χ1) is 14.6. The Morgan fingerprint density at radius 2 is 1.74 bits per heavy atom. The number of carbonyl (C=O) groups excluding carboxylic acids is 1. The fourth-order valence-electron chi connectivity index (χ4n) is 3.26. The van der Waals surface area contributed by atoms with Crippen LogP contribution in [0.3, 0.4) is 0 Å². The maximum Gasteiger partial charge on any atom is 0.425 e. The molecule has 1 aromatic carbocycles. The number of imidazole rings is 2. The summed E-state index contributed by atoms with van der Waals surface area (Å²) in [6.07, 6.45) is -0.841. The van der Waals surface area contributed by atoms with E-state index in [1.54, 1.807) is 42.1 Å². The van der Waals surface area contributed by atoms with Crippen LogP contribution in [-0.4, -0.2) is 43.4 Å². The van der Waals surface area contributed by atoms with Gasteiger partial charge in [-0.1, -0.05) is 12.1 Å². The molecule has 2 heterocycles. The number of hydrogen-bond donors (Lipinski definition) is 2. The first-order valence-corrected chi connectivity index (χ1v) is 9.24. The highest BCUT2D eigenvalue weighted by Gasteiger charge is 2.58. The lowest BCUT2D eigenvalue weighted by molar-refractivity contribution is -0.271. The van der Waals surface area contributed by atoms with Crippen molar-refractivity contribution in [2.24, 2.45) is 14.1 Å². The molecule has 0 aliphatic carbocycles. The minimum absolute atomic E-state index is 0.408. The quantitative estimate of drug-likeness (QED) is 0.591. The number of nitrogens with zero attached hydrogens (tertiary/aromatic N) is 4. The Labute approximate surface area is 176 Å². The van der Waals surface area contributed by atoms with E-state index in [4.69, 9.17) is 4.74 Å². The molecule has 8 nitrogen and oxygen atoms in total. The highest BCUT2D eigenvalue weighted by atomic mass is 19.4. The standard InChI is InChI=1S/C20H22F3N5O3/c1-27-10-8-24-17(27)16(13-4-6-14(31-3)7-5-13)26-15(29)12-19(30,20(21,22)23)18-25-9-11-28(18)2/h4-11,16,30H,12H2,1-3H3,(H,26,29). The second-order valence-corrected chi connectivity index (χ2v) is 7.07. The normalized spacial score (nSPS) is 14.7. The van der Waals surface area contributed by atoms with Crippen LogP contribution in [0.25, 0.3) is 0 Å². The first kappa shape index (κ1) is 22.3. The summed E-state index contributed by atoms with van der Waals surface area (Å²) in [5.41, 5.74) is -2.88. The van der Waals surface area contributed by atoms with Gasteiger partial charge in [0.25, 0.3) is 0 Å². The van der Waals surface area contributed by atoms with Crippen LogP contribution in [0.5, 0.6) is 5.75 Å². The van der Waals surface area contributed by atoms with Crippen LogP contribution in [-0.2, 0) is 24.5 Å². The lowest BCUT2D eigenvalue weighted by Crippen LogP contribution is -2.48. The molecule has 3 aromatic rings. The predicted molar refractivity (Wildman–Crippen MR) is 104 cm³/mol. The van der Waals surface area contributed by atoms with Gasteiger partial charge in [0.1, 0.15) is 17.6 Å². The van der Waals surface area contributed by atoms with Gasteiger partial charge in [-0.2, -0.15) is 13.2 Å². The summed E-state index contributed by atoms with van der Waals surface area (Å²) in [5, 5.41) is 13.1. The van der Waals surface area contributed by atoms with Crippen molar-refractivity contribution in [3.8, 4) is 5.75 Å². The fourth-order valence-corrected chi connectivity index (χ4v) is 3.26. The van der Waals surface area contributed by atoms with Gasteiger partial charge < -0.3 is 24.3 Å². The molecule has 166 valence electrons. The van der Waals surface area contributed by atoms with Crippen molar-refractivity contribution in [1.82, 2.24) is 24.4 Å². The molecule has 2 atom stereocenters. The highest BCUT2D eigenvalue weighted by Crippen LogP contribution is 2.41. The summed E-state index contributed by atoms with van der Waals surface area (Å²) in [7, 11) is 4.51. The summed E-state index contributed by atoms with van der Waals surface area (Å²) in [5.74, 6) is -0.708. The van der Waals surface area contributed by atoms with E-state index in [0.717, 1.165) is 10.8 Å². The van der Waals surface area contributed by atoms with Crippen molar-refractivity contribution in [2.75, 3.05) is 7.11 Å². The molecule has 0 aliphatic rings. The van der Waals surface area contributed by atoms with Gasteiger partial charge in [0.05, 0.1) is 13.5 Å². The lowest BCUT2D eigenvalue weighted by atomic mass is 9.96. The molecule has 0 radical (unpaired) electrons. The molecule has 2 aromatic heterocycles. The van der Waals surface area contributed by atoms with Crippen molar-refractivity contribution in [3.63, 3.8) is 0 Å². The molecule has 0 saturated carbocycles. The van der Waals surface area contributed by atoms with Gasteiger partial charge in [-0.25, -0.2) is 9.97 Å². The van der Waals surface area contributed by atoms with Crippen LogP contribution >= 0.6 is 0 Å². The highest BCUT2D eigenvalue weighted by molar-refractivity contribution is 5.78. The number of benzene rings is 1. The number of aliphatic hydroxyl groups is 1. The van der Waals surface area contributed by atoms with Crippen molar-refractivity contribution in [3.05, 3.63) is 66.3 Å². The molecule has 3 rings (SSSR count). The van der Waals surface area contributed by atoms with Crippen molar-refractivity contribution >= 4 is 5.91 Å². The van der Waals surface area contributed by atoms with Crippen LogP contribution in [0, 0.1) is 0 Å². The third kappa shape index (κ3) is 4.41. The predicted octanol–water partition coefficient (Wildman–Crippen LogP) is 2.21. The molecule has 11 heteroatoms. The number of aryl methyl sites for hydroxylation is 2. The van der Waals surface area contributed by atoms with E-state index in [2.05, 4.69) is 15.3 Å². The Morgan fingerprint density at radius 1 is 1.13 bits per heavy atom. The zero-order valence-corrected chi connectivity index (χ0v) is 17.1. The number of alkyl halides is 3. The second-order valence-electron chi connectivity index (χ2n) is 7.07. The summed E-state index contributed by atoms with van der Waals surface area (Å²) < 4.78 is 49.1. The number of amides is 1. The number of nitrogens with one attached hydrogen (secondary N) is 1. The summed E-state index contributed by atoms with van der Waals surface area (Å²) >= 11 is 0. The van der Waals surface area contributed by atoms with Gasteiger partial charge in [-0.05, 0) is 17.7 Å². The van der Waals surface area contributed by atoms with E-state index in [1.807, 2.05) is 0 Å². The summed E-state index contributed by atoms with van der Waals surface area (Å²) in [4.78, 5) is 20.6. The Balaban J connectivity index is 1.92. The number of halogens is 3. The molecular weight excluding hydrogens is 415 g/mol. The Kier molecular flexibility index (Phi) is 6.07. The topological polar surface area (TPSA) is 94.2 Å². The summed E-state index contributed by atoms with van der Waals surface area (Å²) in [6.45, 7) is 0. The molecule has 0 saturated heterocycles. The first-order valence-electron chi connectivity index (χ1n) is 9.24. The Bertz CT molecular complexity index is 1050. The molecular formula is C20H22F3N5O3. The smallest absolute Gasteiger partial charge is 0.425 e. The average Bonchev–Trinajstić information content (AvgIpc) is 3.33. The van der Waals surface area contributed by atoms with E-state index in [1.165, 1.54) is 26.6 Å². The number of aromatic nitrogens is 4. The second kappa shape index (κ2) is 8.42. The van der Waals surface area contributed by atoms with E-state index in [0.29, 0.717) is 17.1 Å². The van der Waals surface area contributed by atoms with E-state index < -0.39 is 36.0 Å². The molecule has 2 N–H and O–H groups in total. The molecule has 0 spiro atoms. The van der Waals surface area contributed by atoms with Crippen LogP contribution < -0.4 is 10.1 Å². The van der Waals surface area contributed by atoms with Gasteiger partial charge >= 0.3 is 6.18 Å². The molecule has 0 bridgehead atoms. The van der Waals surface area contributed by atoms with Crippen LogP contribution in [0.4, 0.5) is 13.2 Å². The lowest BCUT2D eigenvalue weighted by Gasteiger charge is -2.30. The molecule has 0 fully saturated rings. The van der Waals surface area contributed by atoms with Gasteiger partial charge in [0, 0.05) is 38.9 Å². The summed E-state index contributed by atoms with van der Waals surface area (Å²) in [6, 6.07) is 5.83. The van der Waals surface area contributed by atoms with Crippen molar-refractivity contribution in [2.45, 2.75) is 24.2 Å². The van der Waals surface area contributed by atoms with Gasteiger partial charge in [0.15, 0.2) is 5.82 Å². The number of methoxy groups -OCH3 is 1. The largest absolute Gasteiger partial charge is 0.497 e. The average molecular weight is 437 g/mol. The van der Waals surface area contributed by atoms with E-state index in [-0.39, 0.29) is 0 Å². The molecule has 1 amide bonds. The van der Waals surface area contributed by atoms with E-state index >= 15 is 0 Å². The molecule has 2 unspecified atom stereocenters. The van der Waals surface area contributed by atoms with E-state index in [9.17, 15) is 23.1 Å². The zero-order chi connectivity index (χ0) is 22.8. The third-order valence-corrected chi connectivity index (χ3v) is 4.95. The number of rotatable bonds is 7. The minimum atomic E-state index is -5.12. The SMILES string of the molecule is COc1ccc(C(NC(=O)CC(O)(c2nccn2C)C(F)(F)F)c2nccn2C)cc1. The van der Waals surface area contributed by atoms with Gasteiger partial charge in [-0.3, -0.25) is 4.79 Å². The Hall–Kier alpha value is -3.34. The monoisotopic (exact) mass is 437 g/mol. The van der Waals surface area contributed by atoms with Crippen molar-refractivity contribution < 1.29 is 27.8 Å². The minimum Gasteiger partial charge on any atom is -0.497 e. The van der Waals surface area contributed by atoms with Gasteiger partial charge in [-0.15, -0.1) is 0 Å². The third-order valence-electron chi connectivity index (χ3n) is 4.95. The van der Waals surface area contributed by atoms with Crippen LogP contribution in [0.1, 0.15) is 29.7 Å².